The molecule has 0 heterocycles. The van der Waals surface area contributed by atoms with Gasteiger partial charge in [-0.15, -0.1) is 0 Å². The Morgan fingerprint density at radius 3 is 2.21 bits per heavy atom. The van der Waals surface area contributed by atoms with Crippen molar-refractivity contribution in [2.75, 3.05) is 19.7 Å². The van der Waals surface area contributed by atoms with Crippen molar-refractivity contribution in [2.24, 2.45) is 11.7 Å². The second-order valence-corrected chi connectivity index (χ2v) is 5.51. The molecule has 1 unspecified atom stereocenters. The Balaban J connectivity index is 4.35. The molecule has 2 N–H and O–H groups in total. The number of rotatable bonds is 10. The Bertz CT molecular complexity index is 240. The van der Waals surface area contributed by atoms with Gasteiger partial charge in [-0.3, -0.25) is 4.79 Å². The molecule has 0 spiro atoms. The first-order chi connectivity index (χ1) is 8.96. The number of esters is 1. The molecule has 0 saturated heterocycles. The van der Waals surface area contributed by atoms with E-state index in [-0.39, 0.29) is 5.97 Å². The minimum absolute atomic E-state index is 0.281. The van der Waals surface area contributed by atoms with E-state index < -0.39 is 6.04 Å². The van der Waals surface area contributed by atoms with Gasteiger partial charge < -0.3 is 15.4 Å². The predicted molar refractivity (Wildman–Crippen MR) is 80.0 cm³/mol. The average Bonchev–Trinajstić information content (AvgIpc) is 2.36. The summed E-state index contributed by atoms with van der Waals surface area (Å²) in [6.07, 6.45) is 2.94. The van der Waals surface area contributed by atoms with Crippen LogP contribution in [0, 0.1) is 5.92 Å². The van der Waals surface area contributed by atoms with Crippen molar-refractivity contribution in [2.45, 2.75) is 66.0 Å². The zero-order valence-electron chi connectivity index (χ0n) is 13.3. The van der Waals surface area contributed by atoms with E-state index in [9.17, 15) is 4.79 Å². The van der Waals surface area contributed by atoms with Gasteiger partial charge in [-0.25, -0.2) is 0 Å². The van der Waals surface area contributed by atoms with E-state index in [1.807, 2.05) is 0 Å². The van der Waals surface area contributed by atoms with Crippen molar-refractivity contribution in [3.8, 4) is 0 Å². The third kappa shape index (κ3) is 7.53. The highest BCUT2D eigenvalue weighted by molar-refractivity contribution is 5.75. The number of hydrogen-bond acceptors (Lipinski definition) is 4. The summed E-state index contributed by atoms with van der Waals surface area (Å²) in [7, 11) is 0. The van der Waals surface area contributed by atoms with Gasteiger partial charge in [0.2, 0.25) is 0 Å². The molecule has 1 atom stereocenters. The summed E-state index contributed by atoms with van der Waals surface area (Å²) >= 11 is 0. The molecule has 0 bridgehead atoms. The maximum absolute atomic E-state index is 11.5. The number of carbonyl (C=O) groups excluding carboxylic acids is 1. The van der Waals surface area contributed by atoms with Crippen LogP contribution in [0.25, 0.3) is 0 Å². The van der Waals surface area contributed by atoms with Gasteiger partial charge >= 0.3 is 5.97 Å². The standard InChI is InChI=1S/C15H32N2O2/c1-6-13(7-2)17(11-12(4)5)10-9-14(16)15(18)19-8-3/h12-14H,6-11,16H2,1-5H3. The Morgan fingerprint density at radius 1 is 1.21 bits per heavy atom. The summed E-state index contributed by atoms with van der Waals surface area (Å²) in [6, 6.07) is 0.0840. The van der Waals surface area contributed by atoms with Crippen LogP contribution in [-0.2, 0) is 9.53 Å². The third-order valence-electron chi connectivity index (χ3n) is 3.38. The fourth-order valence-electron chi connectivity index (χ4n) is 2.37. The number of hydrogen-bond donors (Lipinski definition) is 1. The van der Waals surface area contributed by atoms with Crippen molar-refractivity contribution < 1.29 is 9.53 Å². The maximum Gasteiger partial charge on any atom is 0.322 e. The molecule has 0 aliphatic heterocycles. The highest BCUT2D eigenvalue weighted by atomic mass is 16.5. The molecule has 0 aromatic carbocycles. The van der Waals surface area contributed by atoms with Gasteiger partial charge in [0.05, 0.1) is 6.61 Å². The van der Waals surface area contributed by atoms with Crippen LogP contribution >= 0.6 is 0 Å². The molecule has 0 rings (SSSR count). The minimum Gasteiger partial charge on any atom is -0.465 e. The lowest BCUT2D eigenvalue weighted by atomic mass is 10.1. The highest BCUT2D eigenvalue weighted by Gasteiger charge is 2.20. The molecule has 0 aromatic rings. The van der Waals surface area contributed by atoms with Crippen LogP contribution in [0.1, 0.15) is 53.9 Å². The van der Waals surface area contributed by atoms with Gasteiger partial charge in [-0.1, -0.05) is 27.7 Å². The van der Waals surface area contributed by atoms with E-state index in [1.165, 1.54) is 0 Å². The van der Waals surface area contributed by atoms with Gasteiger partial charge in [0.15, 0.2) is 0 Å². The first-order valence-electron chi connectivity index (χ1n) is 7.62. The molecule has 4 nitrogen and oxygen atoms in total. The SMILES string of the molecule is CCOC(=O)C(N)CCN(CC(C)C)C(CC)CC. The summed E-state index contributed by atoms with van der Waals surface area (Å²) in [5, 5.41) is 0. The highest BCUT2D eigenvalue weighted by Crippen LogP contribution is 2.12. The fraction of sp³-hybridized carbons (Fsp3) is 0.933. The van der Waals surface area contributed by atoms with E-state index in [1.54, 1.807) is 6.92 Å². The predicted octanol–water partition coefficient (Wildman–Crippen LogP) is 2.41. The van der Waals surface area contributed by atoms with Crippen LogP contribution < -0.4 is 5.73 Å². The summed E-state index contributed by atoms with van der Waals surface area (Å²) < 4.78 is 4.95. The van der Waals surface area contributed by atoms with E-state index >= 15 is 0 Å². The van der Waals surface area contributed by atoms with Crippen molar-refractivity contribution >= 4 is 5.97 Å². The number of carbonyl (C=O) groups is 1. The molecular weight excluding hydrogens is 240 g/mol. The smallest absolute Gasteiger partial charge is 0.322 e. The molecule has 0 aliphatic carbocycles. The summed E-state index contributed by atoms with van der Waals surface area (Å²) in [5.41, 5.74) is 5.86. The first-order valence-corrected chi connectivity index (χ1v) is 7.62. The molecule has 0 saturated carbocycles. The molecule has 0 amide bonds. The van der Waals surface area contributed by atoms with Crippen LogP contribution in [-0.4, -0.2) is 42.6 Å². The second kappa shape index (κ2) is 10.2. The Morgan fingerprint density at radius 2 is 1.79 bits per heavy atom. The molecule has 114 valence electrons. The molecule has 0 radical (unpaired) electrons. The van der Waals surface area contributed by atoms with Crippen molar-refractivity contribution in [1.29, 1.82) is 0 Å². The van der Waals surface area contributed by atoms with Gasteiger partial charge in [0, 0.05) is 19.1 Å². The molecule has 19 heavy (non-hydrogen) atoms. The zero-order chi connectivity index (χ0) is 14.8. The maximum atomic E-state index is 11.5. The average molecular weight is 272 g/mol. The normalized spacial score (nSPS) is 13.3. The topological polar surface area (TPSA) is 55.6 Å². The van der Waals surface area contributed by atoms with Gasteiger partial charge in [0.1, 0.15) is 6.04 Å². The lowest BCUT2D eigenvalue weighted by Crippen LogP contribution is -2.42. The summed E-state index contributed by atoms with van der Waals surface area (Å²) in [5.74, 6) is 0.343. The monoisotopic (exact) mass is 272 g/mol. The van der Waals surface area contributed by atoms with Gasteiger partial charge in [-0.05, 0) is 32.1 Å². The second-order valence-electron chi connectivity index (χ2n) is 5.51. The Kier molecular flexibility index (Phi) is 9.88. The Labute approximate surface area is 118 Å². The summed E-state index contributed by atoms with van der Waals surface area (Å²) in [4.78, 5) is 14.0. The van der Waals surface area contributed by atoms with Crippen LogP contribution in [0.4, 0.5) is 0 Å². The van der Waals surface area contributed by atoms with E-state index in [0.29, 0.717) is 25.0 Å². The number of nitrogens with zero attached hydrogens (tertiary/aromatic N) is 1. The zero-order valence-corrected chi connectivity index (χ0v) is 13.3. The number of ether oxygens (including phenoxy) is 1. The third-order valence-corrected chi connectivity index (χ3v) is 3.38. The van der Waals surface area contributed by atoms with Crippen molar-refractivity contribution in [3.63, 3.8) is 0 Å². The van der Waals surface area contributed by atoms with Crippen LogP contribution in [0.15, 0.2) is 0 Å². The molecule has 4 heteroatoms. The van der Waals surface area contributed by atoms with Crippen molar-refractivity contribution in [3.05, 3.63) is 0 Å². The lowest BCUT2D eigenvalue weighted by molar-refractivity contribution is -0.144. The minimum atomic E-state index is -0.496. The quantitative estimate of drug-likeness (QED) is 0.621. The van der Waals surface area contributed by atoms with Gasteiger partial charge in [0.25, 0.3) is 0 Å². The van der Waals surface area contributed by atoms with Crippen LogP contribution in [0.5, 0.6) is 0 Å². The van der Waals surface area contributed by atoms with Crippen LogP contribution in [0.3, 0.4) is 0 Å². The van der Waals surface area contributed by atoms with E-state index in [0.717, 1.165) is 25.9 Å². The van der Waals surface area contributed by atoms with Crippen LogP contribution in [0.2, 0.25) is 0 Å². The fourth-order valence-corrected chi connectivity index (χ4v) is 2.37. The Hall–Kier alpha value is -0.610. The first kappa shape index (κ1) is 18.4. The van der Waals surface area contributed by atoms with Crippen molar-refractivity contribution in [1.82, 2.24) is 4.90 Å². The molecule has 0 aliphatic rings. The lowest BCUT2D eigenvalue weighted by Gasteiger charge is -2.32. The summed E-state index contributed by atoms with van der Waals surface area (Å²) in [6.45, 7) is 13.0. The largest absolute Gasteiger partial charge is 0.465 e. The van der Waals surface area contributed by atoms with E-state index in [2.05, 4.69) is 32.6 Å². The van der Waals surface area contributed by atoms with Gasteiger partial charge in [-0.2, -0.15) is 0 Å². The van der Waals surface area contributed by atoms with E-state index in [4.69, 9.17) is 10.5 Å². The molecular formula is C15H32N2O2. The molecule has 0 fully saturated rings. The number of nitrogens with two attached hydrogens (primary N) is 1. The molecule has 0 aromatic heterocycles.